The second-order valence-corrected chi connectivity index (χ2v) is 5.99. The molecule has 0 atom stereocenters. The van der Waals surface area contributed by atoms with Crippen LogP contribution in [0.4, 0.5) is 0 Å². The minimum atomic E-state index is 0.709. The first-order valence-corrected chi connectivity index (χ1v) is 6.75. The highest BCUT2D eigenvalue weighted by molar-refractivity contribution is 7.13. The van der Waals surface area contributed by atoms with E-state index >= 15 is 0 Å². The van der Waals surface area contributed by atoms with Gasteiger partial charge in [0.05, 0.1) is 0 Å². The number of benzene rings is 1. The molecule has 0 saturated heterocycles. The molecular weight excluding hydrogens is 224 g/mol. The van der Waals surface area contributed by atoms with E-state index in [9.17, 15) is 0 Å². The van der Waals surface area contributed by atoms with Gasteiger partial charge < -0.3 is 0 Å². The van der Waals surface area contributed by atoms with E-state index in [0.29, 0.717) is 5.92 Å². The highest BCUT2D eigenvalue weighted by Crippen LogP contribution is 2.21. The monoisotopic (exact) mass is 242 g/mol. The molecule has 88 valence electrons. The van der Waals surface area contributed by atoms with Crippen LogP contribution < -0.4 is 9.75 Å². The fourth-order valence-electron chi connectivity index (χ4n) is 1.89. The Balaban J connectivity index is 2.29. The maximum atomic E-state index is 3.98. The average molecular weight is 242 g/mol. The quantitative estimate of drug-likeness (QED) is 0.773. The molecule has 0 fully saturated rings. The van der Waals surface area contributed by atoms with Gasteiger partial charge in [-0.15, -0.1) is 11.3 Å². The largest absolute Gasteiger partial charge is 0.136 e. The van der Waals surface area contributed by atoms with Crippen LogP contribution in [0.1, 0.15) is 19.4 Å². The predicted octanol–water partition coefficient (Wildman–Crippen LogP) is 3.43. The summed E-state index contributed by atoms with van der Waals surface area (Å²) >= 11 is 1.71. The van der Waals surface area contributed by atoms with Crippen LogP contribution in [-0.2, 0) is 6.42 Å². The summed E-state index contributed by atoms with van der Waals surface area (Å²) in [5.41, 5.74) is 2.67. The number of hydrogen-bond acceptors (Lipinski definition) is 1. The molecule has 17 heavy (non-hydrogen) atoms. The Morgan fingerprint density at radius 3 is 2.24 bits per heavy atom. The third-order valence-corrected chi connectivity index (χ3v) is 3.86. The lowest BCUT2D eigenvalue weighted by Gasteiger charge is -2.05. The van der Waals surface area contributed by atoms with E-state index in [1.54, 1.807) is 11.3 Å². The van der Waals surface area contributed by atoms with E-state index in [1.165, 1.54) is 16.0 Å². The predicted molar refractivity (Wildman–Crippen MR) is 78.6 cm³/mol. The van der Waals surface area contributed by atoms with Crippen molar-refractivity contribution in [3.63, 3.8) is 0 Å². The zero-order valence-electron chi connectivity index (χ0n) is 10.5. The molecule has 0 aliphatic heterocycles. The standard InChI is InChI=1S/C16H18S/c1-11(2)9-14-5-7-15(8-6-14)16-10-12(3)13(4)17-16/h5-8,10-11H,3-4,9H2,1-2H3. The van der Waals surface area contributed by atoms with Gasteiger partial charge in [-0.3, -0.25) is 0 Å². The van der Waals surface area contributed by atoms with Crippen LogP contribution in [0.2, 0.25) is 0 Å². The molecule has 0 spiro atoms. The smallest absolute Gasteiger partial charge is 0.0354 e. The normalized spacial score (nSPS) is 11.0. The van der Waals surface area contributed by atoms with Crippen LogP contribution in [0, 0.1) is 5.92 Å². The van der Waals surface area contributed by atoms with Gasteiger partial charge in [0.15, 0.2) is 0 Å². The summed E-state index contributed by atoms with van der Waals surface area (Å²) < 4.78 is 1.06. The van der Waals surface area contributed by atoms with Crippen molar-refractivity contribution in [3.05, 3.63) is 45.6 Å². The second kappa shape index (κ2) is 4.89. The van der Waals surface area contributed by atoms with Gasteiger partial charge in [-0.1, -0.05) is 51.3 Å². The van der Waals surface area contributed by atoms with Crippen LogP contribution >= 0.6 is 11.3 Å². The second-order valence-electron chi connectivity index (χ2n) is 4.85. The summed E-state index contributed by atoms with van der Waals surface area (Å²) in [6.07, 6.45) is 1.14. The van der Waals surface area contributed by atoms with E-state index in [0.717, 1.165) is 16.2 Å². The van der Waals surface area contributed by atoms with E-state index in [4.69, 9.17) is 0 Å². The molecule has 0 aliphatic rings. The van der Waals surface area contributed by atoms with Crippen molar-refractivity contribution < 1.29 is 0 Å². The Labute approximate surface area is 107 Å². The molecule has 0 saturated carbocycles. The van der Waals surface area contributed by atoms with Gasteiger partial charge in [0.2, 0.25) is 0 Å². The van der Waals surface area contributed by atoms with Gasteiger partial charge in [0.25, 0.3) is 0 Å². The summed E-state index contributed by atoms with van der Waals surface area (Å²) in [6.45, 7) is 12.4. The number of hydrogen-bond donors (Lipinski definition) is 0. The highest BCUT2D eigenvalue weighted by Gasteiger charge is 2.02. The van der Waals surface area contributed by atoms with E-state index in [1.807, 2.05) is 0 Å². The van der Waals surface area contributed by atoms with Crippen molar-refractivity contribution in [3.8, 4) is 10.4 Å². The number of rotatable bonds is 3. The molecule has 0 nitrogen and oxygen atoms in total. The Morgan fingerprint density at radius 2 is 1.76 bits per heavy atom. The van der Waals surface area contributed by atoms with Gasteiger partial charge in [0.1, 0.15) is 0 Å². The van der Waals surface area contributed by atoms with Gasteiger partial charge >= 0.3 is 0 Å². The molecule has 2 aromatic rings. The lowest BCUT2D eigenvalue weighted by molar-refractivity contribution is 0.647. The van der Waals surface area contributed by atoms with Crippen molar-refractivity contribution in [2.75, 3.05) is 0 Å². The Morgan fingerprint density at radius 1 is 1.12 bits per heavy atom. The number of thiophene rings is 1. The van der Waals surface area contributed by atoms with Crippen molar-refractivity contribution in [1.29, 1.82) is 0 Å². The van der Waals surface area contributed by atoms with E-state index < -0.39 is 0 Å². The molecule has 1 aromatic carbocycles. The zero-order valence-corrected chi connectivity index (χ0v) is 11.3. The van der Waals surface area contributed by atoms with Crippen LogP contribution in [0.3, 0.4) is 0 Å². The first kappa shape index (κ1) is 12.1. The summed E-state index contributed by atoms with van der Waals surface area (Å²) in [5, 5.41) is 1.04. The van der Waals surface area contributed by atoms with Crippen LogP contribution in [0.5, 0.6) is 0 Å². The summed E-state index contributed by atoms with van der Waals surface area (Å²) in [5.74, 6) is 0.709. The molecule has 2 rings (SSSR count). The summed E-state index contributed by atoms with van der Waals surface area (Å²) in [6, 6.07) is 11.0. The lowest BCUT2D eigenvalue weighted by Crippen LogP contribution is -2.11. The fraction of sp³-hybridized carbons (Fsp3) is 0.250. The first-order chi connectivity index (χ1) is 8.06. The Hall–Kier alpha value is -1.34. The Bertz CT molecular complexity index is 560. The third kappa shape index (κ3) is 2.86. The molecule has 0 N–H and O–H groups in total. The summed E-state index contributed by atoms with van der Waals surface area (Å²) in [7, 11) is 0. The molecule has 0 aliphatic carbocycles. The zero-order chi connectivity index (χ0) is 12.4. The van der Waals surface area contributed by atoms with Crippen molar-refractivity contribution in [1.82, 2.24) is 0 Å². The summed E-state index contributed by atoms with van der Waals surface area (Å²) in [4.78, 5) is 1.26. The van der Waals surface area contributed by atoms with E-state index in [2.05, 4.69) is 57.3 Å². The van der Waals surface area contributed by atoms with Crippen molar-refractivity contribution in [2.24, 2.45) is 5.92 Å². The van der Waals surface area contributed by atoms with Gasteiger partial charge in [0, 0.05) is 9.41 Å². The van der Waals surface area contributed by atoms with Gasteiger partial charge in [-0.05, 0) is 34.8 Å². The average Bonchev–Trinajstić information content (AvgIpc) is 2.59. The molecule has 1 heterocycles. The SMILES string of the molecule is C=c1cc(-c2ccc(CC(C)C)cc2)sc1=C. The lowest BCUT2D eigenvalue weighted by atomic mass is 10.0. The minimum Gasteiger partial charge on any atom is -0.136 e. The van der Waals surface area contributed by atoms with E-state index in [-0.39, 0.29) is 0 Å². The van der Waals surface area contributed by atoms with Gasteiger partial charge in [-0.25, -0.2) is 0 Å². The first-order valence-electron chi connectivity index (χ1n) is 5.93. The fourth-order valence-corrected chi connectivity index (χ4v) is 2.80. The molecule has 0 radical (unpaired) electrons. The maximum Gasteiger partial charge on any atom is 0.0354 e. The van der Waals surface area contributed by atoms with Crippen LogP contribution in [0.15, 0.2) is 30.3 Å². The molecule has 0 bridgehead atoms. The molecular formula is C16H18S. The topological polar surface area (TPSA) is 0 Å². The maximum absolute atomic E-state index is 3.98. The highest BCUT2D eigenvalue weighted by atomic mass is 32.1. The Kier molecular flexibility index (Phi) is 3.49. The van der Waals surface area contributed by atoms with Crippen molar-refractivity contribution >= 4 is 24.5 Å². The molecule has 1 heteroatoms. The molecule has 1 aromatic heterocycles. The molecule has 0 unspecified atom stereocenters. The third-order valence-electron chi connectivity index (χ3n) is 2.78. The van der Waals surface area contributed by atoms with Crippen LogP contribution in [0.25, 0.3) is 23.6 Å². The molecule has 0 amide bonds. The van der Waals surface area contributed by atoms with Crippen LogP contribution in [-0.4, -0.2) is 0 Å². The minimum absolute atomic E-state index is 0.709. The van der Waals surface area contributed by atoms with Gasteiger partial charge in [-0.2, -0.15) is 0 Å². The van der Waals surface area contributed by atoms with Crippen molar-refractivity contribution in [2.45, 2.75) is 20.3 Å².